The third-order valence-electron chi connectivity index (χ3n) is 3.53. The minimum absolute atomic E-state index is 0. The number of hydrogen-bond acceptors (Lipinski definition) is 6. The van der Waals surface area contributed by atoms with E-state index >= 15 is 0 Å². The molecule has 1 aliphatic rings. The molecule has 1 aliphatic heterocycles. The van der Waals surface area contributed by atoms with Crippen molar-refractivity contribution in [2.24, 2.45) is 0 Å². The van der Waals surface area contributed by atoms with Crippen LogP contribution in [-0.4, -0.2) is 41.7 Å². The molecule has 1 amide bonds. The van der Waals surface area contributed by atoms with Gasteiger partial charge in [-0.15, -0.1) is 12.4 Å². The van der Waals surface area contributed by atoms with E-state index in [4.69, 9.17) is 4.74 Å². The first-order chi connectivity index (χ1) is 11.6. The molecule has 2 heterocycles. The van der Waals surface area contributed by atoms with Gasteiger partial charge in [-0.1, -0.05) is 0 Å². The second-order valence-electron chi connectivity index (χ2n) is 5.63. The molecule has 1 saturated heterocycles. The molecular formula is C17H21ClN4O2S. The third-order valence-corrected chi connectivity index (χ3v) is 4.40. The predicted molar refractivity (Wildman–Crippen MR) is 101 cm³/mol. The van der Waals surface area contributed by atoms with E-state index in [0.29, 0.717) is 19.8 Å². The van der Waals surface area contributed by atoms with Crippen LogP contribution in [0.5, 0.6) is 0 Å². The van der Waals surface area contributed by atoms with Crippen LogP contribution in [-0.2, 0) is 9.53 Å². The Kier molecular flexibility index (Phi) is 7.19. The molecule has 1 aromatic carbocycles. The van der Waals surface area contributed by atoms with Gasteiger partial charge in [0.15, 0.2) is 5.16 Å². The van der Waals surface area contributed by atoms with Crippen LogP contribution < -0.4 is 10.6 Å². The van der Waals surface area contributed by atoms with Crippen molar-refractivity contribution in [1.82, 2.24) is 15.3 Å². The van der Waals surface area contributed by atoms with Gasteiger partial charge < -0.3 is 15.4 Å². The van der Waals surface area contributed by atoms with E-state index in [0.717, 1.165) is 27.1 Å². The molecule has 0 aliphatic carbocycles. The van der Waals surface area contributed by atoms with E-state index < -0.39 is 0 Å². The highest BCUT2D eigenvalue weighted by Gasteiger charge is 2.21. The zero-order chi connectivity index (χ0) is 16.9. The van der Waals surface area contributed by atoms with Crippen LogP contribution in [0.4, 0.5) is 5.69 Å². The Bertz CT molecular complexity index is 701. The molecule has 0 bridgehead atoms. The summed E-state index contributed by atoms with van der Waals surface area (Å²) in [4.78, 5) is 22.0. The maximum Gasteiger partial charge on any atom is 0.243 e. The molecule has 2 aromatic rings. The van der Waals surface area contributed by atoms with E-state index in [9.17, 15) is 4.79 Å². The van der Waals surface area contributed by atoms with Gasteiger partial charge >= 0.3 is 0 Å². The normalized spacial score (nSPS) is 16.8. The van der Waals surface area contributed by atoms with E-state index in [1.54, 1.807) is 0 Å². The Morgan fingerprint density at radius 2 is 1.92 bits per heavy atom. The number of nitrogens with zero attached hydrogens (tertiary/aromatic N) is 2. The Labute approximate surface area is 157 Å². The number of aryl methyl sites for hydroxylation is 2. The van der Waals surface area contributed by atoms with Gasteiger partial charge in [0, 0.05) is 28.5 Å². The van der Waals surface area contributed by atoms with Crippen LogP contribution in [0.3, 0.4) is 0 Å². The second kappa shape index (κ2) is 9.15. The van der Waals surface area contributed by atoms with Crippen molar-refractivity contribution in [2.75, 3.05) is 25.1 Å². The number of amides is 1. The average molecular weight is 381 g/mol. The number of carbonyl (C=O) groups is 1. The molecule has 3 rings (SSSR count). The number of anilines is 1. The van der Waals surface area contributed by atoms with Crippen LogP contribution >= 0.6 is 24.2 Å². The molecule has 134 valence electrons. The first kappa shape index (κ1) is 19.7. The van der Waals surface area contributed by atoms with Gasteiger partial charge in [-0.3, -0.25) is 4.79 Å². The largest absolute Gasteiger partial charge is 0.378 e. The molecule has 0 saturated carbocycles. The maximum absolute atomic E-state index is 12.1. The average Bonchev–Trinajstić information content (AvgIpc) is 2.56. The molecule has 1 aromatic heterocycles. The lowest BCUT2D eigenvalue weighted by Crippen LogP contribution is -2.48. The van der Waals surface area contributed by atoms with E-state index in [1.165, 1.54) is 11.8 Å². The number of rotatable bonds is 4. The van der Waals surface area contributed by atoms with Crippen molar-refractivity contribution in [3.05, 3.63) is 41.7 Å². The van der Waals surface area contributed by atoms with Gasteiger partial charge in [0.25, 0.3) is 0 Å². The SMILES string of the molecule is Cc1cc(C)nc(Sc2ccc(NC(=O)C3COCCN3)cc2)n1.Cl. The number of nitrogens with one attached hydrogen (secondary N) is 2. The highest BCUT2D eigenvalue weighted by molar-refractivity contribution is 7.99. The maximum atomic E-state index is 12.1. The Morgan fingerprint density at radius 3 is 2.52 bits per heavy atom. The van der Waals surface area contributed by atoms with Crippen molar-refractivity contribution in [2.45, 2.75) is 29.9 Å². The fourth-order valence-electron chi connectivity index (χ4n) is 2.41. The highest BCUT2D eigenvalue weighted by Crippen LogP contribution is 2.26. The number of halogens is 1. The van der Waals surface area contributed by atoms with Crippen LogP contribution in [0, 0.1) is 13.8 Å². The fraction of sp³-hybridized carbons (Fsp3) is 0.353. The molecule has 8 heteroatoms. The summed E-state index contributed by atoms with van der Waals surface area (Å²) in [7, 11) is 0. The minimum Gasteiger partial charge on any atom is -0.378 e. The van der Waals surface area contributed by atoms with Crippen molar-refractivity contribution in [3.8, 4) is 0 Å². The Balaban J connectivity index is 0.00000225. The summed E-state index contributed by atoms with van der Waals surface area (Å²) in [6.45, 7) is 5.67. The van der Waals surface area contributed by atoms with Gasteiger partial charge in [0.05, 0.1) is 13.2 Å². The molecule has 6 nitrogen and oxygen atoms in total. The van der Waals surface area contributed by atoms with Gasteiger partial charge in [-0.2, -0.15) is 0 Å². The number of benzene rings is 1. The molecule has 1 unspecified atom stereocenters. The van der Waals surface area contributed by atoms with Crippen molar-refractivity contribution >= 4 is 35.8 Å². The smallest absolute Gasteiger partial charge is 0.243 e. The number of aromatic nitrogens is 2. The molecular weight excluding hydrogens is 360 g/mol. The minimum atomic E-state index is -0.295. The summed E-state index contributed by atoms with van der Waals surface area (Å²) in [5.41, 5.74) is 2.67. The Morgan fingerprint density at radius 1 is 1.24 bits per heavy atom. The fourth-order valence-corrected chi connectivity index (χ4v) is 3.28. The molecule has 2 N–H and O–H groups in total. The summed E-state index contributed by atoms with van der Waals surface area (Å²) in [5, 5.41) is 6.76. The monoisotopic (exact) mass is 380 g/mol. The van der Waals surface area contributed by atoms with Crippen LogP contribution in [0.1, 0.15) is 11.4 Å². The van der Waals surface area contributed by atoms with Gasteiger partial charge in [-0.05, 0) is 55.9 Å². The second-order valence-corrected chi connectivity index (χ2v) is 6.67. The predicted octanol–water partition coefficient (Wildman–Crippen LogP) is 2.59. The molecule has 1 atom stereocenters. The van der Waals surface area contributed by atoms with Crippen molar-refractivity contribution < 1.29 is 9.53 Å². The summed E-state index contributed by atoms with van der Waals surface area (Å²) in [5.74, 6) is -0.0762. The summed E-state index contributed by atoms with van der Waals surface area (Å²) >= 11 is 1.50. The molecule has 0 radical (unpaired) electrons. The lowest BCUT2D eigenvalue weighted by atomic mass is 10.2. The lowest BCUT2D eigenvalue weighted by molar-refractivity contribution is -0.120. The number of ether oxygens (including phenoxy) is 1. The standard InChI is InChI=1S/C17H20N4O2S.ClH/c1-11-9-12(2)20-17(19-11)24-14-5-3-13(4-6-14)21-16(22)15-10-23-8-7-18-15;/h3-6,9,15,18H,7-8,10H2,1-2H3,(H,21,22);1H. The topological polar surface area (TPSA) is 76.1 Å². The van der Waals surface area contributed by atoms with Crippen molar-refractivity contribution in [1.29, 1.82) is 0 Å². The quantitative estimate of drug-likeness (QED) is 0.794. The van der Waals surface area contributed by atoms with E-state index in [2.05, 4.69) is 20.6 Å². The van der Waals surface area contributed by atoms with E-state index in [1.807, 2.05) is 44.2 Å². The number of carbonyl (C=O) groups excluding carboxylic acids is 1. The summed E-state index contributed by atoms with van der Waals surface area (Å²) in [6, 6.07) is 9.32. The number of hydrogen-bond donors (Lipinski definition) is 2. The first-order valence-corrected chi connectivity index (χ1v) is 8.64. The molecule has 1 fully saturated rings. The lowest BCUT2D eigenvalue weighted by Gasteiger charge is -2.22. The van der Waals surface area contributed by atoms with Crippen molar-refractivity contribution in [3.63, 3.8) is 0 Å². The highest BCUT2D eigenvalue weighted by atomic mass is 35.5. The summed E-state index contributed by atoms with van der Waals surface area (Å²) < 4.78 is 5.31. The first-order valence-electron chi connectivity index (χ1n) is 7.82. The van der Waals surface area contributed by atoms with Gasteiger partial charge in [-0.25, -0.2) is 9.97 Å². The van der Waals surface area contributed by atoms with E-state index in [-0.39, 0.29) is 24.4 Å². The Hall–Kier alpha value is -1.67. The van der Waals surface area contributed by atoms with Gasteiger partial charge in [0.2, 0.25) is 5.91 Å². The summed E-state index contributed by atoms with van der Waals surface area (Å²) in [6.07, 6.45) is 0. The molecule has 0 spiro atoms. The zero-order valence-corrected chi connectivity index (χ0v) is 15.7. The molecule has 25 heavy (non-hydrogen) atoms. The van der Waals surface area contributed by atoms with Crippen LogP contribution in [0.25, 0.3) is 0 Å². The van der Waals surface area contributed by atoms with Crippen LogP contribution in [0.2, 0.25) is 0 Å². The van der Waals surface area contributed by atoms with Gasteiger partial charge in [0.1, 0.15) is 6.04 Å². The van der Waals surface area contributed by atoms with Crippen LogP contribution in [0.15, 0.2) is 40.4 Å². The number of morpholine rings is 1. The third kappa shape index (κ3) is 5.67. The zero-order valence-electron chi connectivity index (χ0n) is 14.1.